The number of benzene rings is 2. The van der Waals surface area contributed by atoms with Crippen LogP contribution in [-0.2, 0) is 26.7 Å². The first-order valence-corrected chi connectivity index (χ1v) is 12.9. The van der Waals surface area contributed by atoms with Crippen molar-refractivity contribution in [3.05, 3.63) is 65.4 Å². The molecular formula is C25H28N4O4S. The van der Waals surface area contributed by atoms with E-state index < -0.39 is 14.6 Å². The molecule has 0 bridgehead atoms. The fraction of sp³-hybridized carbons (Fsp3) is 0.360. The van der Waals surface area contributed by atoms with Gasteiger partial charge in [0.05, 0.1) is 16.8 Å². The Bertz CT molecular complexity index is 1380. The minimum absolute atomic E-state index is 0.151. The van der Waals surface area contributed by atoms with Gasteiger partial charge in [0.1, 0.15) is 0 Å². The maximum Gasteiger partial charge on any atom is 0.233 e. The van der Waals surface area contributed by atoms with Crippen molar-refractivity contribution >= 4 is 27.2 Å². The number of aromatic nitrogens is 2. The minimum Gasteiger partial charge on any atom is -0.321 e. The van der Waals surface area contributed by atoms with Crippen molar-refractivity contribution in [3.63, 3.8) is 0 Å². The Kier molecular flexibility index (Phi) is 6.25. The molecule has 178 valence electrons. The third-order valence-electron chi connectivity index (χ3n) is 6.53. The summed E-state index contributed by atoms with van der Waals surface area (Å²) in [5.41, 5.74) is 9.76. The van der Waals surface area contributed by atoms with Crippen LogP contribution in [0.2, 0.25) is 0 Å². The number of carbonyl (C=O) groups excluding carboxylic acids is 1. The number of nitrogens with two attached hydrogens (primary N) is 1. The fourth-order valence-corrected chi connectivity index (χ4v) is 4.66. The van der Waals surface area contributed by atoms with Gasteiger partial charge in [-0.3, -0.25) is 14.7 Å². The van der Waals surface area contributed by atoms with Crippen molar-refractivity contribution in [1.29, 1.82) is 0 Å². The maximum atomic E-state index is 12.3. The number of aryl methyl sites for hydroxylation is 1. The van der Waals surface area contributed by atoms with Gasteiger partial charge in [0.2, 0.25) is 6.41 Å². The first kappa shape index (κ1) is 24.0. The van der Waals surface area contributed by atoms with Crippen molar-refractivity contribution in [1.82, 2.24) is 14.8 Å². The summed E-state index contributed by atoms with van der Waals surface area (Å²) in [5, 5.41) is 15.3. The van der Waals surface area contributed by atoms with Gasteiger partial charge in [-0.15, -0.1) is 0 Å². The average Bonchev–Trinajstić information content (AvgIpc) is 3.41. The summed E-state index contributed by atoms with van der Waals surface area (Å²) >= 11 is 0. The first-order valence-electron chi connectivity index (χ1n) is 11.0. The van der Waals surface area contributed by atoms with Gasteiger partial charge in [-0.05, 0) is 62.1 Å². The lowest BCUT2D eigenvalue weighted by Gasteiger charge is -2.29. The van der Waals surface area contributed by atoms with Crippen molar-refractivity contribution in [2.75, 3.05) is 12.8 Å². The standard InChI is InChI=1S/C25H28N4O4S/c1-24(34(2,32)33,17-29(31)18-30)13-14-28-16-21-15-20(7-10-23(21)27-28)4-3-19-5-8-22(9-6-19)25(26)11-12-25/h5-10,15-16,18,31H,11-14,17,26H2,1-2H3/t24-/m1/s1. The number of hydroxylamine groups is 2. The molecule has 3 aromatic rings. The number of carbonyl (C=O) groups is 1. The van der Waals surface area contributed by atoms with Crippen LogP contribution in [0.3, 0.4) is 0 Å². The normalized spacial score (nSPS) is 16.4. The van der Waals surface area contributed by atoms with Gasteiger partial charge >= 0.3 is 0 Å². The molecule has 0 aliphatic heterocycles. The highest BCUT2D eigenvalue weighted by Gasteiger charge is 2.39. The van der Waals surface area contributed by atoms with E-state index in [2.05, 4.69) is 16.9 Å². The van der Waals surface area contributed by atoms with E-state index in [4.69, 9.17) is 5.73 Å². The summed E-state index contributed by atoms with van der Waals surface area (Å²) in [6.45, 7) is 1.50. The Hall–Kier alpha value is -3.19. The monoisotopic (exact) mass is 480 g/mol. The van der Waals surface area contributed by atoms with Crippen LogP contribution in [0.15, 0.2) is 48.7 Å². The molecule has 2 aromatic carbocycles. The van der Waals surface area contributed by atoms with Gasteiger partial charge in [-0.2, -0.15) is 5.10 Å². The molecule has 1 amide bonds. The summed E-state index contributed by atoms with van der Waals surface area (Å²) in [6.07, 6.45) is 5.37. The van der Waals surface area contributed by atoms with Gasteiger partial charge in [-0.25, -0.2) is 13.5 Å². The van der Waals surface area contributed by atoms with Crippen molar-refractivity contribution in [2.45, 2.75) is 43.0 Å². The first-order chi connectivity index (χ1) is 16.0. The zero-order valence-corrected chi connectivity index (χ0v) is 20.0. The second-order valence-corrected chi connectivity index (χ2v) is 11.9. The van der Waals surface area contributed by atoms with Crippen LogP contribution < -0.4 is 5.73 Å². The smallest absolute Gasteiger partial charge is 0.233 e. The summed E-state index contributed by atoms with van der Waals surface area (Å²) in [5.74, 6) is 6.35. The molecule has 0 radical (unpaired) electrons. The van der Waals surface area contributed by atoms with Crippen LogP contribution in [-0.4, -0.2) is 52.4 Å². The number of rotatable bonds is 8. The summed E-state index contributed by atoms with van der Waals surface area (Å²) in [7, 11) is -3.54. The molecule has 1 aliphatic rings. The SMILES string of the molecule is C[C@@](CCn1cc2cc(C#Cc3ccc(C4(N)CC4)cc3)ccc2n1)(CN(O)C=O)S(C)(=O)=O. The molecule has 34 heavy (non-hydrogen) atoms. The fourth-order valence-electron chi connectivity index (χ4n) is 3.83. The summed E-state index contributed by atoms with van der Waals surface area (Å²) in [6, 6.07) is 13.8. The molecule has 1 aliphatic carbocycles. The third-order valence-corrected chi connectivity index (χ3v) is 8.66. The highest BCUT2D eigenvalue weighted by atomic mass is 32.2. The van der Waals surface area contributed by atoms with Crippen molar-refractivity contribution in [2.24, 2.45) is 5.73 Å². The van der Waals surface area contributed by atoms with E-state index in [1.807, 2.05) is 48.7 Å². The Balaban J connectivity index is 1.48. The summed E-state index contributed by atoms with van der Waals surface area (Å²) in [4.78, 5) is 10.8. The molecule has 8 nitrogen and oxygen atoms in total. The van der Waals surface area contributed by atoms with Crippen LogP contribution in [0, 0.1) is 11.8 Å². The topological polar surface area (TPSA) is 119 Å². The lowest BCUT2D eigenvalue weighted by atomic mass is 10.0. The molecule has 0 saturated heterocycles. The van der Waals surface area contributed by atoms with E-state index in [0.29, 0.717) is 11.6 Å². The van der Waals surface area contributed by atoms with E-state index in [1.54, 1.807) is 4.68 Å². The van der Waals surface area contributed by atoms with E-state index in [-0.39, 0.29) is 24.9 Å². The molecule has 0 unspecified atom stereocenters. The quantitative estimate of drug-likeness (QED) is 0.221. The van der Waals surface area contributed by atoms with E-state index in [1.165, 1.54) is 6.92 Å². The second kappa shape index (κ2) is 8.87. The number of amides is 1. The van der Waals surface area contributed by atoms with Gasteiger partial charge in [-0.1, -0.05) is 24.0 Å². The predicted octanol–water partition coefficient (Wildman–Crippen LogP) is 2.42. The Morgan fingerprint density at radius 3 is 2.47 bits per heavy atom. The zero-order chi connectivity index (χ0) is 24.6. The van der Waals surface area contributed by atoms with Crippen molar-refractivity contribution in [3.8, 4) is 11.8 Å². The van der Waals surface area contributed by atoms with Crippen LogP contribution in [0.4, 0.5) is 0 Å². The largest absolute Gasteiger partial charge is 0.321 e. The molecule has 1 saturated carbocycles. The van der Waals surface area contributed by atoms with Crippen LogP contribution in [0.1, 0.15) is 42.9 Å². The molecule has 3 N–H and O–H groups in total. The summed E-state index contributed by atoms with van der Waals surface area (Å²) < 4.78 is 25.0. The number of hydrogen-bond donors (Lipinski definition) is 2. The molecular weight excluding hydrogens is 452 g/mol. The second-order valence-electron chi connectivity index (χ2n) is 9.32. The molecule has 0 spiro atoms. The van der Waals surface area contributed by atoms with E-state index in [9.17, 15) is 18.4 Å². The highest BCUT2D eigenvalue weighted by molar-refractivity contribution is 7.92. The van der Waals surface area contributed by atoms with Gasteiger partial charge in [0, 0.05) is 41.0 Å². The Morgan fingerprint density at radius 2 is 1.85 bits per heavy atom. The number of nitrogens with zero attached hydrogens (tertiary/aromatic N) is 3. The molecule has 1 heterocycles. The number of hydrogen-bond acceptors (Lipinski definition) is 6. The number of fused-ring (bicyclic) bond motifs is 1. The van der Waals surface area contributed by atoms with E-state index in [0.717, 1.165) is 46.7 Å². The van der Waals surface area contributed by atoms with Gasteiger partial charge < -0.3 is 5.73 Å². The molecule has 4 rings (SSSR count). The molecule has 9 heteroatoms. The zero-order valence-electron chi connectivity index (χ0n) is 19.2. The number of sulfone groups is 1. The van der Waals surface area contributed by atoms with Gasteiger partial charge in [0.25, 0.3) is 0 Å². The van der Waals surface area contributed by atoms with Gasteiger partial charge in [0.15, 0.2) is 9.84 Å². The van der Waals surface area contributed by atoms with Crippen LogP contribution in [0.25, 0.3) is 10.9 Å². The third kappa shape index (κ3) is 5.14. The minimum atomic E-state index is -3.54. The molecule has 1 fully saturated rings. The Morgan fingerprint density at radius 1 is 1.21 bits per heavy atom. The van der Waals surface area contributed by atoms with E-state index >= 15 is 0 Å². The molecule has 1 aromatic heterocycles. The lowest BCUT2D eigenvalue weighted by molar-refractivity contribution is -0.151. The predicted molar refractivity (Wildman–Crippen MR) is 130 cm³/mol. The average molecular weight is 481 g/mol. The van der Waals surface area contributed by atoms with Crippen LogP contribution in [0.5, 0.6) is 0 Å². The van der Waals surface area contributed by atoms with Crippen molar-refractivity contribution < 1.29 is 18.4 Å². The Labute approximate surface area is 199 Å². The maximum absolute atomic E-state index is 12.3. The highest BCUT2D eigenvalue weighted by Crippen LogP contribution is 2.42. The lowest BCUT2D eigenvalue weighted by Crippen LogP contribution is -2.45. The molecule has 1 atom stereocenters. The van der Waals surface area contributed by atoms with Crippen LogP contribution >= 0.6 is 0 Å².